The highest BCUT2D eigenvalue weighted by Gasteiger charge is 2.23. The van der Waals surface area contributed by atoms with E-state index in [0.717, 1.165) is 35.0 Å². The molecule has 0 aliphatic heterocycles. The van der Waals surface area contributed by atoms with Crippen molar-refractivity contribution in [3.8, 4) is 0 Å². The Balaban J connectivity index is 1.78. The lowest BCUT2D eigenvalue weighted by molar-refractivity contribution is -0.384. The number of fused-ring (bicyclic) bond motifs is 3. The maximum atomic E-state index is 13.2. The number of nitro groups is 1. The average molecular weight is 385 g/mol. The zero-order chi connectivity index (χ0) is 19.0. The predicted octanol–water partition coefficient (Wildman–Crippen LogP) is 3.09. The first-order valence-corrected chi connectivity index (χ1v) is 9.66. The minimum Gasteiger partial charge on any atom is -0.383 e. The number of hydrogen-bond donors (Lipinski definition) is 0. The minimum atomic E-state index is -0.421. The third-order valence-electron chi connectivity index (χ3n) is 4.93. The molecule has 140 valence electrons. The molecule has 0 saturated heterocycles. The Morgan fingerprint density at radius 2 is 2.07 bits per heavy atom. The van der Waals surface area contributed by atoms with Crippen LogP contribution < -0.4 is 5.56 Å². The number of aromatic nitrogens is 2. The highest BCUT2D eigenvalue weighted by molar-refractivity contribution is 7.18. The van der Waals surface area contributed by atoms with Crippen LogP contribution in [0.15, 0.2) is 29.1 Å². The average Bonchev–Trinajstić information content (AvgIpc) is 3.22. The van der Waals surface area contributed by atoms with Gasteiger partial charge in [0.1, 0.15) is 10.7 Å². The number of nitro benzene ring substituents is 1. The van der Waals surface area contributed by atoms with Gasteiger partial charge in [0.15, 0.2) is 0 Å². The van der Waals surface area contributed by atoms with Crippen molar-refractivity contribution < 1.29 is 9.66 Å². The van der Waals surface area contributed by atoms with E-state index in [0.29, 0.717) is 25.4 Å². The van der Waals surface area contributed by atoms with E-state index >= 15 is 0 Å². The van der Waals surface area contributed by atoms with Crippen LogP contribution in [0.2, 0.25) is 0 Å². The number of nitrogens with zero attached hydrogens (tertiary/aromatic N) is 3. The summed E-state index contributed by atoms with van der Waals surface area (Å²) in [5, 5.41) is 11.6. The molecule has 0 unspecified atom stereocenters. The molecule has 0 spiro atoms. The first-order chi connectivity index (χ1) is 13.1. The first-order valence-electron chi connectivity index (χ1n) is 8.84. The maximum Gasteiger partial charge on any atom is 0.269 e. The van der Waals surface area contributed by atoms with E-state index < -0.39 is 4.92 Å². The molecule has 0 radical (unpaired) electrons. The van der Waals surface area contributed by atoms with Crippen molar-refractivity contribution in [2.45, 2.75) is 32.2 Å². The van der Waals surface area contributed by atoms with Crippen molar-refractivity contribution in [1.82, 2.24) is 9.55 Å². The van der Waals surface area contributed by atoms with E-state index in [2.05, 4.69) is 0 Å². The van der Waals surface area contributed by atoms with Gasteiger partial charge in [0, 0.05) is 30.5 Å². The molecule has 27 heavy (non-hydrogen) atoms. The van der Waals surface area contributed by atoms with Gasteiger partial charge in [-0.2, -0.15) is 0 Å². The van der Waals surface area contributed by atoms with Gasteiger partial charge in [-0.3, -0.25) is 19.5 Å². The molecule has 8 heteroatoms. The van der Waals surface area contributed by atoms with Gasteiger partial charge < -0.3 is 4.74 Å². The summed E-state index contributed by atoms with van der Waals surface area (Å²) in [5.74, 6) is 0.665. The topological polar surface area (TPSA) is 87.3 Å². The predicted molar refractivity (Wildman–Crippen MR) is 104 cm³/mol. The molecule has 7 nitrogen and oxygen atoms in total. The smallest absolute Gasteiger partial charge is 0.269 e. The van der Waals surface area contributed by atoms with Crippen LogP contribution in [-0.4, -0.2) is 28.2 Å². The number of ether oxygens (including phenoxy) is 1. The fourth-order valence-electron chi connectivity index (χ4n) is 3.59. The Morgan fingerprint density at radius 1 is 1.30 bits per heavy atom. The normalized spacial score (nSPS) is 13.2. The van der Waals surface area contributed by atoms with E-state index in [4.69, 9.17) is 9.72 Å². The molecule has 2 aromatic heterocycles. The second kappa shape index (κ2) is 7.21. The van der Waals surface area contributed by atoms with Gasteiger partial charge in [-0.15, -0.1) is 11.3 Å². The van der Waals surface area contributed by atoms with Crippen molar-refractivity contribution >= 4 is 27.2 Å². The Hall–Kier alpha value is -2.58. The molecule has 0 bridgehead atoms. The quantitative estimate of drug-likeness (QED) is 0.481. The Morgan fingerprint density at radius 3 is 2.78 bits per heavy atom. The molecule has 2 heterocycles. The zero-order valence-corrected chi connectivity index (χ0v) is 15.8. The SMILES string of the molecule is COCCn1c(Cc2ccc([N+](=O)[O-])cc2)nc2sc3c(c2c1=O)CCC3. The van der Waals surface area contributed by atoms with Crippen molar-refractivity contribution in [1.29, 1.82) is 0 Å². The van der Waals surface area contributed by atoms with Gasteiger partial charge in [0.05, 0.1) is 23.5 Å². The summed E-state index contributed by atoms with van der Waals surface area (Å²) in [5.41, 5.74) is 2.09. The monoisotopic (exact) mass is 385 g/mol. The number of rotatable bonds is 6. The Kier molecular flexibility index (Phi) is 4.75. The number of thiophene rings is 1. The van der Waals surface area contributed by atoms with Gasteiger partial charge in [0.2, 0.25) is 0 Å². The molecular formula is C19H19N3O4S. The van der Waals surface area contributed by atoms with Crippen LogP contribution in [0.5, 0.6) is 0 Å². The van der Waals surface area contributed by atoms with E-state index in [1.165, 1.54) is 22.6 Å². The lowest BCUT2D eigenvalue weighted by atomic mass is 10.1. The lowest BCUT2D eigenvalue weighted by Crippen LogP contribution is -2.27. The summed E-state index contributed by atoms with van der Waals surface area (Å²) >= 11 is 1.62. The molecule has 0 N–H and O–H groups in total. The number of benzene rings is 1. The van der Waals surface area contributed by atoms with Crippen LogP contribution in [0.25, 0.3) is 10.2 Å². The highest BCUT2D eigenvalue weighted by atomic mass is 32.1. The molecule has 0 atom stereocenters. The van der Waals surface area contributed by atoms with E-state index in [-0.39, 0.29) is 11.2 Å². The third kappa shape index (κ3) is 3.26. The van der Waals surface area contributed by atoms with Gasteiger partial charge in [0.25, 0.3) is 11.2 Å². The van der Waals surface area contributed by atoms with Crippen LogP contribution in [0.4, 0.5) is 5.69 Å². The molecule has 0 amide bonds. The second-order valence-electron chi connectivity index (χ2n) is 6.62. The van der Waals surface area contributed by atoms with E-state index in [1.54, 1.807) is 35.1 Å². The van der Waals surface area contributed by atoms with E-state index in [9.17, 15) is 14.9 Å². The third-order valence-corrected chi connectivity index (χ3v) is 6.12. The van der Waals surface area contributed by atoms with Gasteiger partial charge in [-0.1, -0.05) is 12.1 Å². The lowest BCUT2D eigenvalue weighted by Gasteiger charge is -2.12. The van der Waals surface area contributed by atoms with Crippen LogP contribution >= 0.6 is 11.3 Å². The fourth-order valence-corrected chi connectivity index (χ4v) is 4.86. The van der Waals surface area contributed by atoms with Crippen LogP contribution in [0.1, 0.15) is 28.2 Å². The fraction of sp³-hybridized carbons (Fsp3) is 0.368. The Labute approximate surface area is 159 Å². The van der Waals surface area contributed by atoms with Gasteiger partial charge in [-0.25, -0.2) is 4.98 Å². The second-order valence-corrected chi connectivity index (χ2v) is 7.70. The molecule has 0 fully saturated rings. The summed E-state index contributed by atoms with van der Waals surface area (Å²) in [4.78, 5) is 30.5. The van der Waals surface area contributed by atoms with Crippen molar-refractivity contribution in [2.75, 3.05) is 13.7 Å². The summed E-state index contributed by atoms with van der Waals surface area (Å²) in [7, 11) is 1.61. The molecule has 1 aromatic carbocycles. The molecule has 0 saturated carbocycles. The van der Waals surface area contributed by atoms with Crippen LogP contribution in [0, 0.1) is 10.1 Å². The molecule has 4 rings (SSSR count). The first kappa shape index (κ1) is 17.8. The van der Waals surface area contributed by atoms with Gasteiger partial charge >= 0.3 is 0 Å². The van der Waals surface area contributed by atoms with Crippen LogP contribution in [0.3, 0.4) is 0 Å². The van der Waals surface area contributed by atoms with Crippen molar-refractivity contribution in [3.05, 3.63) is 66.6 Å². The van der Waals surface area contributed by atoms with Crippen LogP contribution in [-0.2, 0) is 30.5 Å². The van der Waals surface area contributed by atoms with Gasteiger partial charge in [-0.05, 0) is 30.4 Å². The summed E-state index contributed by atoms with van der Waals surface area (Å²) in [6, 6.07) is 6.38. The largest absolute Gasteiger partial charge is 0.383 e. The molecular weight excluding hydrogens is 366 g/mol. The minimum absolute atomic E-state index is 0.00615. The maximum absolute atomic E-state index is 13.2. The summed E-state index contributed by atoms with van der Waals surface area (Å²) in [6.07, 6.45) is 3.50. The van der Waals surface area contributed by atoms with E-state index in [1.807, 2.05) is 0 Å². The number of methoxy groups -OCH3 is 1. The number of non-ortho nitro benzene ring substituents is 1. The highest BCUT2D eigenvalue weighted by Crippen LogP contribution is 2.34. The summed E-state index contributed by atoms with van der Waals surface area (Å²) in [6.45, 7) is 0.859. The summed E-state index contributed by atoms with van der Waals surface area (Å²) < 4.78 is 6.87. The number of aryl methyl sites for hydroxylation is 2. The Bertz CT molecular complexity index is 1070. The number of hydrogen-bond acceptors (Lipinski definition) is 6. The molecule has 1 aliphatic rings. The molecule has 1 aliphatic carbocycles. The van der Waals surface area contributed by atoms with Crippen molar-refractivity contribution in [2.24, 2.45) is 0 Å². The zero-order valence-electron chi connectivity index (χ0n) is 14.9. The standard InChI is InChI=1S/C19H19N3O4S/c1-26-10-9-21-16(11-12-5-7-13(8-6-12)22(24)25)20-18-17(19(21)23)14-3-2-4-15(14)27-18/h5-8H,2-4,9-11H2,1H3. The molecule has 3 aromatic rings. The van der Waals surface area contributed by atoms with Crippen molar-refractivity contribution in [3.63, 3.8) is 0 Å².